The topological polar surface area (TPSA) is 51.0 Å². The highest BCUT2D eigenvalue weighted by atomic mass is 19.4. The van der Waals surface area contributed by atoms with Crippen LogP contribution in [0.1, 0.15) is 17.3 Å². The minimum atomic E-state index is -4.53. The molecule has 0 amide bonds. The first-order chi connectivity index (χ1) is 8.95. The number of halogens is 3. The summed E-state index contributed by atoms with van der Waals surface area (Å²) in [6.07, 6.45) is -2.88. The molecule has 0 aliphatic rings. The van der Waals surface area contributed by atoms with Crippen LogP contribution in [0.2, 0.25) is 0 Å². The highest BCUT2D eigenvalue weighted by molar-refractivity contribution is 5.33. The van der Waals surface area contributed by atoms with Gasteiger partial charge in [0.25, 0.3) is 0 Å². The van der Waals surface area contributed by atoms with Crippen LogP contribution in [0.4, 0.5) is 19.0 Å². The van der Waals surface area contributed by atoms with Crippen molar-refractivity contribution in [3.63, 3.8) is 0 Å². The normalized spacial score (nSPS) is 11.6. The second-order valence-corrected chi connectivity index (χ2v) is 3.95. The lowest BCUT2D eigenvalue weighted by Crippen LogP contribution is -2.13. The summed E-state index contributed by atoms with van der Waals surface area (Å²) in [7, 11) is 0. The van der Waals surface area contributed by atoms with Gasteiger partial charge < -0.3 is 9.73 Å². The van der Waals surface area contributed by atoms with E-state index in [1.807, 2.05) is 19.1 Å². The van der Waals surface area contributed by atoms with E-state index in [1.165, 1.54) is 6.07 Å². The van der Waals surface area contributed by atoms with Crippen molar-refractivity contribution in [3.05, 3.63) is 41.7 Å². The van der Waals surface area contributed by atoms with Gasteiger partial charge in [0.15, 0.2) is 0 Å². The summed E-state index contributed by atoms with van der Waals surface area (Å²) < 4.78 is 42.5. The number of furan rings is 1. The summed E-state index contributed by atoms with van der Waals surface area (Å²) in [6, 6.07) is 5.06. The van der Waals surface area contributed by atoms with Crippen LogP contribution in [0.3, 0.4) is 0 Å². The van der Waals surface area contributed by atoms with Gasteiger partial charge in [0.2, 0.25) is 5.82 Å². The van der Waals surface area contributed by atoms with Crippen molar-refractivity contribution in [1.82, 2.24) is 9.97 Å². The largest absolute Gasteiger partial charge is 0.466 e. The first kappa shape index (κ1) is 13.4. The Labute approximate surface area is 107 Å². The molecule has 102 valence electrons. The molecule has 0 aliphatic heterocycles. The summed E-state index contributed by atoms with van der Waals surface area (Å²) in [6.45, 7) is 2.26. The second-order valence-electron chi connectivity index (χ2n) is 3.95. The number of hydrogen-bond donors (Lipinski definition) is 1. The van der Waals surface area contributed by atoms with Crippen LogP contribution in [0.5, 0.6) is 0 Å². The smallest absolute Gasteiger partial charge is 0.451 e. The fourth-order valence-electron chi connectivity index (χ4n) is 1.53. The van der Waals surface area contributed by atoms with Gasteiger partial charge in [-0.25, -0.2) is 9.97 Å². The van der Waals surface area contributed by atoms with Crippen molar-refractivity contribution in [2.75, 3.05) is 11.9 Å². The molecule has 0 bridgehead atoms. The molecule has 0 atom stereocenters. The summed E-state index contributed by atoms with van der Waals surface area (Å²) in [5.41, 5.74) is 0. The van der Waals surface area contributed by atoms with Crippen LogP contribution < -0.4 is 5.32 Å². The fraction of sp³-hybridized carbons (Fsp3) is 0.333. The average Bonchev–Trinajstić information content (AvgIpc) is 2.74. The van der Waals surface area contributed by atoms with E-state index in [0.717, 1.165) is 17.7 Å². The molecule has 0 aliphatic carbocycles. The molecule has 0 saturated heterocycles. The summed E-state index contributed by atoms with van der Waals surface area (Å²) in [4.78, 5) is 6.59. The van der Waals surface area contributed by atoms with Crippen molar-refractivity contribution < 1.29 is 17.6 Å². The predicted molar refractivity (Wildman–Crippen MR) is 62.7 cm³/mol. The molecule has 0 saturated carbocycles. The Kier molecular flexibility index (Phi) is 3.73. The van der Waals surface area contributed by atoms with Crippen LogP contribution in [0, 0.1) is 6.92 Å². The molecule has 2 aromatic rings. The number of rotatable bonds is 4. The lowest BCUT2D eigenvalue weighted by molar-refractivity contribution is -0.144. The molecule has 2 aromatic heterocycles. The highest BCUT2D eigenvalue weighted by Gasteiger charge is 2.34. The van der Waals surface area contributed by atoms with E-state index in [9.17, 15) is 13.2 Å². The molecular weight excluding hydrogens is 259 g/mol. The Bertz CT molecular complexity index is 551. The van der Waals surface area contributed by atoms with E-state index < -0.39 is 12.0 Å². The number of nitrogens with zero attached hydrogens (tertiary/aromatic N) is 2. The minimum Gasteiger partial charge on any atom is -0.466 e. The lowest BCUT2D eigenvalue weighted by atomic mass is 10.3. The van der Waals surface area contributed by atoms with E-state index in [-0.39, 0.29) is 5.82 Å². The number of hydrogen-bond acceptors (Lipinski definition) is 4. The van der Waals surface area contributed by atoms with Crippen molar-refractivity contribution in [1.29, 1.82) is 0 Å². The molecule has 4 nitrogen and oxygen atoms in total. The van der Waals surface area contributed by atoms with Crippen molar-refractivity contribution in [2.45, 2.75) is 19.5 Å². The van der Waals surface area contributed by atoms with Crippen LogP contribution in [0.15, 0.2) is 28.8 Å². The molecule has 0 aromatic carbocycles. The number of nitrogens with one attached hydrogen (secondary N) is 1. The molecule has 0 spiro atoms. The monoisotopic (exact) mass is 271 g/mol. The third-order valence-electron chi connectivity index (χ3n) is 2.38. The van der Waals surface area contributed by atoms with Crippen molar-refractivity contribution >= 4 is 5.82 Å². The van der Waals surface area contributed by atoms with Gasteiger partial charge in [-0.2, -0.15) is 13.2 Å². The van der Waals surface area contributed by atoms with Gasteiger partial charge >= 0.3 is 6.18 Å². The van der Waals surface area contributed by atoms with Crippen LogP contribution in [-0.4, -0.2) is 16.5 Å². The molecule has 19 heavy (non-hydrogen) atoms. The number of alkyl halides is 3. The zero-order chi connectivity index (χ0) is 13.9. The van der Waals surface area contributed by atoms with Gasteiger partial charge in [-0.15, -0.1) is 0 Å². The standard InChI is InChI=1S/C12H12F3N3O/c1-8-2-3-9(19-8)4-6-16-10-5-7-17-11(18-10)12(13,14)15/h2-3,5,7H,4,6H2,1H3,(H,16,17,18). The van der Waals surface area contributed by atoms with Crippen LogP contribution in [0.25, 0.3) is 0 Å². The van der Waals surface area contributed by atoms with E-state index in [1.54, 1.807) is 0 Å². The number of aryl methyl sites for hydroxylation is 1. The Morgan fingerprint density at radius 2 is 2.05 bits per heavy atom. The summed E-state index contributed by atoms with van der Waals surface area (Å²) in [5.74, 6) is 0.573. The van der Waals surface area contributed by atoms with Crippen LogP contribution >= 0.6 is 0 Å². The predicted octanol–water partition coefficient (Wildman–Crippen LogP) is 3.05. The maximum atomic E-state index is 12.4. The van der Waals surface area contributed by atoms with Gasteiger partial charge in [-0.1, -0.05) is 0 Å². The molecule has 7 heteroatoms. The van der Waals surface area contributed by atoms with E-state index in [2.05, 4.69) is 15.3 Å². The fourth-order valence-corrected chi connectivity index (χ4v) is 1.53. The molecule has 0 fully saturated rings. The number of anilines is 1. The zero-order valence-corrected chi connectivity index (χ0v) is 10.2. The maximum Gasteiger partial charge on any atom is 0.451 e. The first-order valence-electron chi connectivity index (χ1n) is 5.64. The van der Waals surface area contributed by atoms with E-state index in [0.29, 0.717) is 13.0 Å². The second kappa shape index (κ2) is 5.29. The Morgan fingerprint density at radius 3 is 2.68 bits per heavy atom. The van der Waals surface area contributed by atoms with Gasteiger partial charge in [0.05, 0.1) is 0 Å². The Hall–Kier alpha value is -2.05. The minimum absolute atomic E-state index is 0.144. The van der Waals surface area contributed by atoms with Gasteiger partial charge in [0, 0.05) is 19.2 Å². The number of aromatic nitrogens is 2. The molecular formula is C12H12F3N3O. The molecule has 2 rings (SSSR count). The quantitative estimate of drug-likeness (QED) is 0.928. The Balaban J connectivity index is 1.93. The highest BCUT2D eigenvalue weighted by Crippen LogP contribution is 2.26. The van der Waals surface area contributed by atoms with Gasteiger partial charge in [-0.05, 0) is 25.1 Å². The Morgan fingerprint density at radius 1 is 1.26 bits per heavy atom. The third kappa shape index (κ3) is 3.70. The first-order valence-corrected chi connectivity index (χ1v) is 5.64. The molecule has 0 unspecified atom stereocenters. The molecule has 0 radical (unpaired) electrons. The average molecular weight is 271 g/mol. The summed E-state index contributed by atoms with van der Waals surface area (Å²) in [5, 5.41) is 2.80. The van der Waals surface area contributed by atoms with Crippen molar-refractivity contribution in [3.8, 4) is 0 Å². The summed E-state index contributed by atoms with van der Waals surface area (Å²) >= 11 is 0. The third-order valence-corrected chi connectivity index (χ3v) is 2.38. The zero-order valence-electron chi connectivity index (χ0n) is 10.2. The lowest BCUT2D eigenvalue weighted by Gasteiger charge is -2.07. The maximum absolute atomic E-state index is 12.4. The van der Waals surface area contributed by atoms with Crippen molar-refractivity contribution in [2.24, 2.45) is 0 Å². The van der Waals surface area contributed by atoms with E-state index >= 15 is 0 Å². The van der Waals surface area contributed by atoms with E-state index in [4.69, 9.17) is 4.42 Å². The molecule has 1 N–H and O–H groups in total. The molecule has 2 heterocycles. The van der Waals surface area contributed by atoms with Crippen LogP contribution in [-0.2, 0) is 12.6 Å². The van der Waals surface area contributed by atoms with Gasteiger partial charge in [-0.3, -0.25) is 0 Å². The van der Waals surface area contributed by atoms with Gasteiger partial charge in [0.1, 0.15) is 17.3 Å². The SMILES string of the molecule is Cc1ccc(CCNc2ccnc(C(F)(F)F)n2)o1.